The summed E-state index contributed by atoms with van der Waals surface area (Å²) < 4.78 is 40.7. The van der Waals surface area contributed by atoms with Gasteiger partial charge >= 0.3 is 6.36 Å². The van der Waals surface area contributed by atoms with Crippen LogP contribution in [0.1, 0.15) is 21.6 Å². The zero-order valence-electron chi connectivity index (χ0n) is 12.0. The van der Waals surface area contributed by atoms with Crippen molar-refractivity contribution in [3.63, 3.8) is 0 Å². The predicted octanol–water partition coefficient (Wildman–Crippen LogP) is 3.18. The van der Waals surface area contributed by atoms with Crippen LogP contribution in [0.4, 0.5) is 13.2 Å². The summed E-state index contributed by atoms with van der Waals surface area (Å²) in [4.78, 5) is 18.0. The molecular formula is C16H13F3N2O2. The summed E-state index contributed by atoms with van der Waals surface area (Å²) >= 11 is 0. The van der Waals surface area contributed by atoms with Gasteiger partial charge in [-0.05, 0) is 23.8 Å². The molecule has 2 heterocycles. The van der Waals surface area contributed by atoms with Crippen molar-refractivity contribution in [3.05, 3.63) is 59.4 Å². The fourth-order valence-corrected chi connectivity index (χ4v) is 2.53. The van der Waals surface area contributed by atoms with Crippen molar-refractivity contribution >= 4 is 5.91 Å². The lowest BCUT2D eigenvalue weighted by Gasteiger charge is -2.28. The number of rotatable bonds is 2. The Balaban J connectivity index is 1.79. The van der Waals surface area contributed by atoms with Gasteiger partial charge in [0.15, 0.2) is 0 Å². The maximum absolute atomic E-state index is 12.4. The van der Waals surface area contributed by atoms with E-state index >= 15 is 0 Å². The molecule has 0 fully saturated rings. The number of hydrogen-bond donors (Lipinski definition) is 0. The summed E-state index contributed by atoms with van der Waals surface area (Å²) in [7, 11) is 0. The van der Waals surface area contributed by atoms with E-state index in [9.17, 15) is 18.0 Å². The second kappa shape index (κ2) is 5.91. The molecule has 2 aromatic rings. The van der Waals surface area contributed by atoms with E-state index in [0.717, 1.165) is 6.20 Å². The number of fused-ring (bicyclic) bond motifs is 1. The highest BCUT2D eigenvalue weighted by Crippen LogP contribution is 2.26. The van der Waals surface area contributed by atoms with E-state index in [2.05, 4.69) is 9.72 Å². The van der Waals surface area contributed by atoms with Crippen molar-refractivity contribution in [1.82, 2.24) is 9.88 Å². The highest BCUT2D eigenvalue weighted by molar-refractivity contribution is 5.94. The molecule has 0 spiro atoms. The predicted molar refractivity (Wildman–Crippen MR) is 75.8 cm³/mol. The first-order valence-corrected chi connectivity index (χ1v) is 7.00. The van der Waals surface area contributed by atoms with Gasteiger partial charge < -0.3 is 9.64 Å². The molecule has 0 saturated heterocycles. The van der Waals surface area contributed by atoms with Crippen LogP contribution in [0.2, 0.25) is 0 Å². The number of pyridine rings is 1. The topological polar surface area (TPSA) is 42.4 Å². The highest BCUT2D eigenvalue weighted by atomic mass is 19.4. The van der Waals surface area contributed by atoms with Gasteiger partial charge in [-0.3, -0.25) is 9.78 Å². The van der Waals surface area contributed by atoms with Gasteiger partial charge in [0.25, 0.3) is 5.91 Å². The van der Waals surface area contributed by atoms with Gasteiger partial charge in [-0.2, -0.15) is 0 Å². The number of nitrogens with zero attached hydrogens (tertiary/aromatic N) is 2. The molecule has 0 atom stereocenters. The molecule has 0 unspecified atom stereocenters. The average molecular weight is 322 g/mol. The van der Waals surface area contributed by atoms with Gasteiger partial charge in [0, 0.05) is 30.8 Å². The van der Waals surface area contributed by atoms with Gasteiger partial charge in [0.2, 0.25) is 0 Å². The number of benzene rings is 1. The lowest BCUT2D eigenvalue weighted by Crippen LogP contribution is -2.36. The van der Waals surface area contributed by atoms with Crippen molar-refractivity contribution in [2.24, 2.45) is 0 Å². The van der Waals surface area contributed by atoms with E-state index < -0.39 is 6.36 Å². The molecule has 1 aromatic heterocycles. The smallest absolute Gasteiger partial charge is 0.404 e. The molecular weight excluding hydrogens is 309 g/mol. The minimum Gasteiger partial charge on any atom is -0.404 e. The van der Waals surface area contributed by atoms with Crippen LogP contribution in [0.3, 0.4) is 0 Å². The molecule has 3 rings (SSSR count). The number of alkyl halides is 3. The number of hydrogen-bond acceptors (Lipinski definition) is 3. The van der Waals surface area contributed by atoms with Crippen LogP contribution in [0.25, 0.3) is 0 Å². The summed E-state index contributed by atoms with van der Waals surface area (Å²) in [5.74, 6) is -0.524. The summed E-state index contributed by atoms with van der Waals surface area (Å²) in [5.41, 5.74) is 1.81. The second-order valence-electron chi connectivity index (χ2n) is 5.17. The van der Waals surface area contributed by atoms with E-state index in [4.69, 9.17) is 0 Å². The molecule has 0 saturated carbocycles. The van der Waals surface area contributed by atoms with Crippen molar-refractivity contribution in [2.75, 3.05) is 6.54 Å². The molecule has 0 aliphatic carbocycles. The first kappa shape index (κ1) is 15.3. The van der Waals surface area contributed by atoms with E-state index in [-0.39, 0.29) is 18.2 Å². The van der Waals surface area contributed by atoms with Gasteiger partial charge in [-0.1, -0.05) is 18.2 Å². The Morgan fingerprint density at radius 3 is 2.65 bits per heavy atom. The Morgan fingerprint density at radius 2 is 1.96 bits per heavy atom. The van der Waals surface area contributed by atoms with Crippen LogP contribution in [0, 0.1) is 0 Å². The number of carbonyl (C=O) groups is 1. The van der Waals surface area contributed by atoms with Crippen LogP contribution < -0.4 is 4.74 Å². The van der Waals surface area contributed by atoms with Crippen molar-refractivity contribution in [3.8, 4) is 5.75 Å². The molecule has 7 heteroatoms. The average Bonchev–Trinajstić information content (AvgIpc) is 2.53. The van der Waals surface area contributed by atoms with Crippen LogP contribution in [0.15, 0.2) is 42.6 Å². The quantitative estimate of drug-likeness (QED) is 0.853. The SMILES string of the molecule is O=C(c1ccccc1)N1CCc2ncc(OC(F)(F)F)cc2C1. The minimum absolute atomic E-state index is 0.154. The molecule has 1 aromatic carbocycles. The molecule has 23 heavy (non-hydrogen) atoms. The normalized spacial score (nSPS) is 14.3. The maximum atomic E-state index is 12.4. The monoisotopic (exact) mass is 322 g/mol. The van der Waals surface area contributed by atoms with Crippen molar-refractivity contribution in [2.45, 2.75) is 19.3 Å². The molecule has 0 bridgehead atoms. The number of carbonyl (C=O) groups excluding carboxylic acids is 1. The number of halogens is 3. The zero-order valence-corrected chi connectivity index (χ0v) is 12.0. The molecule has 0 N–H and O–H groups in total. The zero-order chi connectivity index (χ0) is 16.4. The van der Waals surface area contributed by atoms with Crippen molar-refractivity contribution in [1.29, 1.82) is 0 Å². The third-order valence-electron chi connectivity index (χ3n) is 3.56. The van der Waals surface area contributed by atoms with E-state index in [1.807, 2.05) is 6.07 Å². The van der Waals surface area contributed by atoms with Gasteiger partial charge in [-0.15, -0.1) is 13.2 Å². The fraction of sp³-hybridized carbons (Fsp3) is 0.250. The Kier molecular flexibility index (Phi) is 3.94. The Labute approximate surface area is 130 Å². The molecule has 1 aliphatic heterocycles. The molecule has 1 amide bonds. The van der Waals surface area contributed by atoms with Crippen LogP contribution in [-0.4, -0.2) is 28.7 Å². The number of amides is 1. The Morgan fingerprint density at radius 1 is 1.22 bits per heavy atom. The Bertz CT molecular complexity index is 717. The molecule has 4 nitrogen and oxygen atoms in total. The summed E-state index contributed by atoms with van der Waals surface area (Å²) in [6.45, 7) is 0.693. The number of ether oxygens (including phenoxy) is 1. The van der Waals surface area contributed by atoms with Crippen LogP contribution >= 0.6 is 0 Å². The van der Waals surface area contributed by atoms with Gasteiger partial charge in [0.05, 0.1) is 6.20 Å². The summed E-state index contributed by atoms with van der Waals surface area (Å²) in [6, 6.07) is 10.1. The standard InChI is InChI=1S/C16H13F3N2O2/c17-16(18,19)23-13-8-12-10-21(7-6-14(12)20-9-13)15(22)11-4-2-1-3-5-11/h1-5,8-9H,6-7,10H2. The van der Waals surface area contributed by atoms with Gasteiger partial charge in [0.1, 0.15) is 5.75 Å². The lowest BCUT2D eigenvalue weighted by atomic mass is 10.0. The van der Waals surface area contributed by atoms with Crippen LogP contribution in [-0.2, 0) is 13.0 Å². The highest BCUT2D eigenvalue weighted by Gasteiger charge is 2.32. The van der Waals surface area contributed by atoms with E-state index in [0.29, 0.717) is 29.8 Å². The maximum Gasteiger partial charge on any atom is 0.573 e. The van der Waals surface area contributed by atoms with Crippen molar-refractivity contribution < 1.29 is 22.7 Å². The van der Waals surface area contributed by atoms with E-state index in [1.54, 1.807) is 29.2 Å². The largest absolute Gasteiger partial charge is 0.573 e. The molecule has 0 radical (unpaired) electrons. The third-order valence-corrected chi connectivity index (χ3v) is 3.56. The van der Waals surface area contributed by atoms with Crippen LogP contribution in [0.5, 0.6) is 5.75 Å². The number of aromatic nitrogens is 1. The van der Waals surface area contributed by atoms with Gasteiger partial charge in [-0.25, -0.2) is 0 Å². The first-order chi connectivity index (χ1) is 10.9. The van der Waals surface area contributed by atoms with E-state index in [1.165, 1.54) is 6.07 Å². The summed E-state index contributed by atoms with van der Waals surface area (Å²) in [5, 5.41) is 0. The molecule has 120 valence electrons. The second-order valence-corrected chi connectivity index (χ2v) is 5.17. The third kappa shape index (κ3) is 3.61. The Hall–Kier alpha value is -2.57. The summed E-state index contributed by atoms with van der Waals surface area (Å²) in [6.07, 6.45) is -3.20. The minimum atomic E-state index is -4.76. The first-order valence-electron chi connectivity index (χ1n) is 7.00. The lowest BCUT2D eigenvalue weighted by molar-refractivity contribution is -0.274. The molecule has 1 aliphatic rings. The fourth-order valence-electron chi connectivity index (χ4n) is 2.53.